The molecule has 0 saturated carbocycles. The molecule has 3 nitrogen and oxygen atoms in total. The number of piperazine rings is 1. The molecule has 1 aromatic rings. The van der Waals surface area contributed by atoms with Gasteiger partial charge in [0.15, 0.2) is 0 Å². The first kappa shape index (κ1) is 13.7. The van der Waals surface area contributed by atoms with Gasteiger partial charge in [0, 0.05) is 35.7 Å². The predicted molar refractivity (Wildman–Crippen MR) is 79.6 cm³/mol. The summed E-state index contributed by atoms with van der Waals surface area (Å²) in [5, 5.41) is 3.54. The summed E-state index contributed by atoms with van der Waals surface area (Å²) >= 11 is 3.65. The van der Waals surface area contributed by atoms with E-state index in [-0.39, 0.29) is 0 Å². The van der Waals surface area contributed by atoms with Crippen LogP contribution < -0.4 is 15.0 Å². The summed E-state index contributed by atoms with van der Waals surface area (Å²) in [5.41, 5.74) is 1.23. The zero-order valence-electron chi connectivity index (χ0n) is 11.2. The molecule has 100 valence electrons. The van der Waals surface area contributed by atoms with E-state index in [0.29, 0.717) is 12.1 Å². The molecule has 1 N–H and O–H groups in total. The van der Waals surface area contributed by atoms with Crippen LogP contribution in [0.15, 0.2) is 22.7 Å². The lowest BCUT2D eigenvalue weighted by Gasteiger charge is -2.41. The van der Waals surface area contributed by atoms with E-state index in [1.165, 1.54) is 5.69 Å². The second-order valence-corrected chi connectivity index (χ2v) is 5.70. The summed E-state index contributed by atoms with van der Waals surface area (Å²) in [4.78, 5) is 2.48. The number of methoxy groups -OCH3 is 1. The van der Waals surface area contributed by atoms with Gasteiger partial charge in [0.25, 0.3) is 0 Å². The molecule has 1 heterocycles. The van der Waals surface area contributed by atoms with Crippen molar-refractivity contribution in [3.63, 3.8) is 0 Å². The van der Waals surface area contributed by atoms with Gasteiger partial charge in [-0.2, -0.15) is 0 Å². The Bertz CT molecular complexity index is 411. The first-order chi connectivity index (χ1) is 8.65. The minimum Gasteiger partial charge on any atom is -0.497 e. The topological polar surface area (TPSA) is 24.5 Å². The molecule has 0 spiro atoms. The van der Waals surface area contributed by atoms with Crippen molar-refractivity contribution in [3.8, 4) is 5.75 Å². The maximum atomic E-state index is 5.33. The number of rotatable bonds is 3. The highest BCUT2D eigenvalue weighted by Gasteiger charge is 2.26. The predicted octanol–water partition coefficient (Wildman–Crippen LogP) is 3.03. The fourth-order valence-electron chi connectivity index (χ4n) is 2.46. The summed E-state index contributed by atoms with van der Waals surface area (Å²) in [6, 6.07) is 7.23. The van der Waals surface area contributed by atoms with Crippen molar-refractivity contribution in [3.05, 3.63) is 22.7 Å². The third-order valence-electron chi connectivity index (χ3n) is 3.55. The Balaban J connectivity index is 2.32. The Kier molecular flexibility index (Phi) is 4.51. The number of hydrogen-bond acceptors (Lipinski definition) is 3. The van der Waals surface area contributed by atoms with Crippen LogP contribution in [0, 0.1) is 0 Å². The molecule has 2 rings (SSSR count). The van der Waals surface area contributed by atoms with Crippen LogP contribution in [0.3, 0.4) is 0 Å². The smallest absolute Gasteiger partial charge is 0.121 e. The van der Waals surface area contributed by atoms with Gasteiger partial charge in [-0.3, -0.25) is 0 Å². The summed E-state index contributed by atoms with van der Waals surface area (Å²) in [5.74, 6) is 0.911. The first-order valence-corrected chi connectivity index (χ1v) is 7.28. The minimum absolute atomic E-state index is 0.519. The van der Waals surface area contributed by atoms with E-state index in [9.17, 15) is 0 Å². The van der Waals surface area contributed by atoms with E-state index in [1.54, 1.807) is 7.11 Å². The van der Waals surface area contributed by atoms with Crippen LogP contribution in [0.5, 0.6) is 5.75 Å². The van der Waals surface area contributed by atoms with Crippen LogP contribution in [-0.2, 0) is 0 Å². The molecule has 1 aliphatic heterocycles. The van der Waals surface area contributed by atoms with Gasteiger partial charge in [-0.25, -0.2) is 0 Å². The van der Waals surface area contributed by atoms with Crippen molar-refractivity contribution in [2.75, 3.05) is 25.1 Å². The maximum Gasteiger partial charge on any atom is 0.121 e. The number of ether oxygens (including phenoxy) is 1. The number of nitrogens with one attached hydrogen (secondary N) is 1. The second kappa shape index (κ2) is 5.93. The molecule has 2 atom stereocenters. The zero-order valence-corrected chi connectivity index (χ0v) is 12.8. The lowest BCUT2D eigenvalue weighted by molar-refractivity contribution is 0.398. The van der Waals surface area contributed by atoms with Crippen molar-refractivity contribution in [2.24, 2.45) is 0 Å². The van der Waals surface area contributed by atoms with Crippen molar-refractivity contribution in [1.82, 2.24) is 5.32 Å². The van der Waals surface area contributed by atoms with E-state index < -0.39 is 0 Å². The lowest BCUT2D eigenvalue weighted by Crippen LogP contribution is -2.55. The highest BCUT2D eigenvalue weighted by atomic mass is 79.9. The molecule has 2 unspecified atom stereocenters. The average molecular weight is 313 g/mol. The van der Waals surface area contributed by atoms with E-state index in [1.807, 2.05) is 6.07 Å². The number of halogens is 1. The van der Waals surface area contributed by atoms with Gasteiger partial charge in [0.1, 0.15) is 5.75 Å². The Labute approximate surface area is 118 Å². The quantitative estimate of drug-likeness (QED) is 0.928. The Morgan fingerprint density at radius 3 is 2.94 bits per heavy atom. The summed E-state index contributed by atoms with van der Waals surface area (Å²) in [7, 11) is 1.71. The fraction of sp³-hybridized carbons (Fsp3) is 0.571. The Morgan fingerprint density at radius 2 is 2.28 bits per heavy atom. The molecule has 18 heavy (non-hydrogen) atoms. The van der Waals surface area contributed by atoms with Crippen LogP contribution in [0.25, 0.3) is 0 Å². The molecule has 1 saturated heterocycles. The SMILES string of the molecule is CCC1CNC(C)CN1c1cc(OC)ccc1Br. The van der Waals surface area contributed by atoms with Gasteiger partial charge in [0.2, 0.25) is 0 Å². The Hall–Kier alpha value is -0.740. The van der Waals surface area contributed by atoms with Gasteiger partial charge in [-0.05, 0) is 41.4 Å². The number of benzene rings is 1. The number of anilines is 1. The van der Waals surface area contributed by atoms with Gasteiger partial charge in [0.05, 0.1) is 12.8 Å². The molecule has 1 aliphatic rings. The number of nitrogens with zero attached hydrogens (tertiary/aromatic N) is 1. The second-order valence-electron chi connectivity index (χ2n) is 4.84. The third kappa shape index (κ3) is 2.81. The van der Waals surface area contributed by atoms with Crippen LogP contribution in [0.1, 0.15) is 20.3 Å². The summed E-state index contributed by atoms with van der Waals surface area (Å²) in [6.45, 7) is 6.54. The normalized spacial score (nSPS) is 24.1. The highest BCUT2D eigenvalue weighted by molar-refractivity contribution is 9.10. The summed E-state index contributed by atoms with van der Waals surface area (Å²) < 4.78 is 6.47. The Morgan fingerprint density at radius 1 is 1.50 bits per heavy atom. The molecular weight excluding hydrogens is 292 g/mol. The van der Waals surface area contributed by atoms with E-state index in [4.69, 9.17) is 4.74 Å². The van der Waals surface area contributed by atoms with Gasteiger partial charge < -0.3 is 15.0 Å². The monoisotopic (exact) mass is 312 g/mol. The van der Waals surface area contributed by atoms with Crippen LogP contribution in [-0.4, -0.2) is 32.3 Å². The molecule has 0 amide bonds. The van der Waals surface area contributed by atoms with Gasteiger partial charge >= 0.3 is 0 Å². The molecular formula is C14H21BrN2O. The van der Waals surface area contributed by atoms with Crippen LogP contribution >= 0.6 is 15.9 Å². The van der Waals surface area contributed by atoms with Crippen LogP contribution in [0.4, 0.5) is 5.69 Å². The third-order valence-corrected chi connectivity index (χ3v) is 4.22. The van der Waals surface area contributed by atoms with Gasteiger partial charge in [-0.1, -0.05) is 6.92 Å². The molecule has 1 aromatic carbocycles. The molecule has 4 heteroatoms. The number of hydrogen-bond donors (Lipinski definition) is 1. The largest absolute Gasteiger partial charge is 0.497 e. The molecule has 1 fully saturated rings. The molecule has 0 radical (unpaired) electrons. The van der Waals surface area contributed by atoms with Crippen molar-refractivity contribution in [2.45, 2.75) is 32.4 Å². The molecule has 0 bridgehead atoms. The van der Waals surface area contributed by atoms with Gasteiger partial charge in [-0.15, -0.1) is 0 Å². The zero-order chi connectivity index (χ0) is 13.1. The van der Waals surface area contributed by atoms with Crippen molar-refractivity contribution in [1.29, 1.82) is 0 Å². The van der Waals surface area contributed by atoms with E-state index in [0.717, 1.165) is 29.7 Å². The van der Waals surface area contributed by atoms with Crippen molar-refractivity contribution >= 4 is 21.6 Å². The molecule has 0 aromatic heterocycles. The van der Waals surface area contributed by atoms with E-state index in [2.05, 4.69) is 52.1 Å². The standard InChI is InChI=1S/C14H21BrN2O/c1-4-11-8-16-10(2)9-17(11)14-7-12(18-3)5-6-13(14)15/h5-7,10-11,16H,4,8-9H2,1-3H3. The lowest BCUT2D eigenvalue weighted by atomic mass is 10.1. The van der Waals surface area contributed by atoms with Crippen LogP contribution in [0.2, 0.25) is 0 Å². The summed E-state index contributed by atoms with van der Waals surface area (Å²) in [6.07, 6.45) is 1.14. The fourth-order valence-corrected chi connectivity index (χ4v) is 2.93. The maximum absolute atomic E-state index is 5.33. The average Bonchev–Trinajstić information content (AvgIpc) is 2.39. The molecule has 0 aliphatic carbocycles. The van der Waals surface area contributed by atoms with E-state index >= 15 is 0 Å². The minimum atomic E-state index is 0.519. The highest BCUT2D eigenvalue weighted by Crippen LogP contribution is 2.33. The first-order valence-electron chi connectivity index (χ1n) is 6.49. The van der Waals surface area contributed by atoms with Crippen molar-refractivity contribution < 1.29 is 4.74 Å².